The van der Waals surface area contributed by atoms with Crippen molar-refractivity contribution in [3.8, 4) is 0 Å². The minimum atomic E-state index is -1.64. The largest absolute Gasteiger partial charge is 0.479 e. The number of nitrogens with one attached hydrogen (secondary N) is 1. The van der Waals surface area contributed by atoms with Gasteiger partial charge in [0.15, 0.2) is 6.10 Å². The Morgan fingerprint density at radius 2 is 2.06 bits per heavy atom. The minimum Gasteiger partial charge on any atom is -0.479 e. The molecular weight excluding hydrogens is 232 g/mol. The summed E-state index contributed by atoms with van der Waals surface area (Å²) in [5, 5.41) is 28.4. The first-order valence-electron chi connectivity index (χ1n) is 5.06. The predicted molar refractivity (Wildman–Crippen MR) is 57.6 cm³/mol. The monoisotopic (exact) mass is 250 g/mol. The maximum absolute atomic E-state index is 11.5. The van der Waals surface area contributed by atoms with E-state index in [1.54, 1.807) is 0 Å². The van der Waals surface area contributed by atoms with E-state index < -0.39 is 18.1 Å². The van der Waals surface area contributed by atoms with Gasteiger partial charge < -0.3 is 30.3 Å². The highest BCUT2D eigenvalue weighted by Gasteiger charge is 2.17. The van der Waals surface area contributed by atoms with Crippen LogP contribution in [0.4, 0.5) is 4.79 Å². The number of ether oxygens (including phenoxy) is 1. The lowest BCUT2D eigenvalue weighted by atomic mass is 10.3. The molecule has 0 fully saturated rings. The number of aliphatic hydroxyl groups excluding tert-OH is 2. The molecule has 0 spiro atoms. The van der Waals surface area contributed by atoms with E-state index >= 15 is 0 Å². The minimum absolute atomic E-state index is 0.109. The predicted octanol–water partition coefficient (Wildman–Crippen LogP) is -1.92. The normalized spacial score (nSPS) is 11.9. The number of hydrogen-bond acceptors (Lipinski definition) is 5. The second-order valence-corrected chi connectivity index (χ2v) is 3.24. The number of rotatable bonds is 8. The number of carboxylic acids is 1. The van der Waals surface area contributed by atoms with Gasteiger partial charge in [0.2, 0.25) is 0 Å². The number of carboxylic acid groups (broad SMARTS) is 1. The van der Waals surface area contributed by atoms with Crippen molar-refractivity contribution >= 4 is 12.0 Å². The summed E-state index contributed by atoms with van der Waals surface area (Å²) in [4.78, 5) is 23.1. The van der Waals surface area contributed by atoms with Crippen molar-refractivity contribution in [2.45, 2.75) is 6.10 Å². The van der Waals surface area contributed by atoms with Gasteiger partial charge in [-0.15, -0.1) is 0 Å². The molecule has 0 bridgehead atoms. The van der Waals surface area contributed by atoms with E-state index in [9.17, 15) is 9.59 Å². The van der Waals surface area contributed by atoms with Crippen molar-refractivity contribution < 1.29 is 29.6 Å². The highest BCUT2D eigenvalue weighted by molar-refractivity contribution is 5.76. The molecule has 1 atom stereocenters. The van der Waals surface area contributed by atoms with Crippen LogP contribution in [-0.4, -0.2) is 78.3 Å². The van der Waals surface area contributed by atoms with Crippen LogP contribution in [0.1, 0.15) is 0 Å². The van der Waals surface area contributed by atoms with E-state index in [1.807, 2.05) is 0 Å². The molecule has 8 nitrogen and oxygen atoms in total. The summed E-state index contributed by atoms with van der Waals surface area (Å²) in [5.74, 6) is -1.41. The van der Waals surface area contributed by atoms with Crippen LogP contribution in [0.25, 0.3) is 0 Å². The van der Waals surface area contributed by atoms with Crippen LogP contribution in [0.2, 0.25) is 0 Å². The van der Waals surface area contributed by atoms with E-state index in [1.165, 1.54) is 12.0 Å². The maximum Gasteiger partial charge on any atom is 0.334 e. The lowest BCUT2D eigenvalue weighted by Gasteiger charge is -2.22. The van der Waals surface area contributed by atoms with Crippen LogP contribution in [0.5, 0.6) is 0 Å². The molecule has 100 valence electrons. The van der Waals surface area contributed by atoms with Gasteiger partial charge in [-0.1, -0.05) is 0 Å². The fraction of sp³-hybridized carbons (Fsp3) is 0.778. The average molecular weight is 250 g/mol. The van der Waals surface area contributed by atoms with Crippen LogP contribution in [0.15, 0.2) is 0 Å². The van der Waals surface area contributed by atoms with E-state index in [2.05, 4.69) is 5.32 Å². The molecule has 0 unspecified atom stereocenters. The zero-order valence-electron chi connectivity index (χ0n) is 9.63. The summed E-state index contributed by atoms with van der Waals surface area (Å²) in [6.45, 7) is 0.0843. The zero-order valence-corrected chi connectivity index (χ0v) is 9.63. The molecule has 0 aliphatic rings. The SMILES string of the molecule is COCCN(CCO)C(=O)NC[C@H](O)C(=O)O. The number of carbonyl (C=O) groups excluding carboxylic acids is 1. The third-order valence-electron chi connectivity index (χ3n) is 1.95. The van der Waals surface area contributed by atoms with Gasteiger partial charge in [0.05, 0.1) is 19.8 Å². The summed E-state index contributed by atoms with van der Waals surface area (Å²) < 4.78 is 4.79. The van der Waals surface area contributed by atoms with Crippen molar-refractivity contribution in [3.05, 3.63) is 0 Å². The molecule has 0 aliphatic heterocycles. The van der Waals surface area contributed by atoms with E-state index in [0.717, 1.165) is 0 Å². The molecular formula is C9H18N2O6. The topological polar surface area (TPSA) is 119 Å². The lowest BCUT2D eigenvalue weighted by Crippen LogP contribution is -2.46. The van der Waals surface area contributed by atoms with Crippen molar-refractivity contribution in [2.24, 2.45) is 0 Å². The van der Waals surface area contributed by atoms with Crippen molar-refractivity contribution in [1.29, 1.82) is 0 Å². The Balaban J connectivity index is 4.08. The summed E-state index contributed by atoms with van der Waals surface area (Å²) in [7, 11) is 1.48. The van der Waals surface area contributed by atoms with E-state index in [0.29, 0.717) is 6.61 Å². The molecule has 0 rings (SSSR count). The van der Waals surface area contributed by atoms with Gasteiger partial charge in [-0.25, -0.2) is 9.59 Å². The number of amides is 2. The van der Waals surface area contributed by atoms with Crippen LogP contribution >= 0.6 is 0 Å². The molecule has 0 aromatic heterocycles. The maximum atomic E-state index is 11.5. The molecule has 0 heterocycles. The number of nitrogens with zero attached hydrogens (tertiary/aromatic N) is 1. The number of hydrogen-bond donors (Lipinski definition) is 4. The molecule has 0 saturated heterocycles. The van der Waals surface area contributed by atoms with Crippen LogP contribution in [0, 0.1) is 0 Å². The molecule has 4 N–H and O–H groups in total. The van der Waals surface area contributed by atoms with Gasteiger partial charge in [0.25, 0.3) is 0 Å². The number of methoxy groups -OCH3 is 1. The highest BCUT2D eigenvalue weighted by Crippen LogP contribution is 1.90. The van der Waals surface area contributed by atoms with E-state index in [-0.39, 0.29) is 26.2 Å². The van der Waals surface area contributed by atoms with Gasteiger partial charge in [0, 0.05) is 20.2 Å². The van der Waals surface area contributed by atoms with Crippen molar-refractivity contribution in [3.63, 3.8) is 0 Å². The fourth-order valence-electron chi connectivity index (χ4n) is 1.02. The molecule has 17 heavy (non-hydrogen) atoms. The Kier molecular flexibility index (Phi) is 8.03. The molecule has 0 saturated carbocycles. The Morgan fingerprint density at radius 1 is 1.41 bits per heavy atom. The molecule has 0 aromatic rings. The number of carbonyl (C=O) groups is 2. The molecule has 0 aliphatic carbocycles. The summed E-state index contributed by atoms with van der Waals surface area (Å²) in [6, 6.07) is -0.559. The van der Waals surface area contributed by atoms with Gasteiger partial charge in [-0.2, -0.15) is 0 Å². The van der Waals surface area contributed by atoms with Crippen molar-refractivity contribution in [1.82, 2.24) is 10.2 Å². The second kappa shape index (κ2) is 8.74. The highest BCUT2D eigenvalue weighted by atomic mass is 16.5. The van der Waals surface area contributed by atoms with Crippen LogP contribution in [0.3, 0.4) is 0 Å². The molecule has 0 radical (unpaired) electrons. The average Bonchev–Trinajstić information content (AvgIpc) is 2.30. The van der Waals surface area contributed by atoms with Crippen molar-refractivity contribution in [2.75, 3.05) is 40.0 Å². The van der Waals surface area contributed by atoms with Crippen LogP contribution in [-0.2, 0) is 9.53 Å². The van der Waals surface area contributed by atoms with Crippen LogP contribution < -0.4 is 5.32 Å². The van der Waals surface area contributed by atoms with E-state index in [4.69, 9.17) is 20.1 Å². The zero-order chi connectivity index (χ0) is 13.3. The molecule has 8 heteroatoms. The third kappa shape index (κ3) is 6.72. The first-order chi connectivity index (χ1) is 8.02. The first kappa shape index (κ1) is 15.6. The van der Waals surface area contributed by atoms with Gasteiger partial charge >= 0.3 is 12.0 Å². The standard InChI is InChI=1S/C9H18N2O6/c1-17-5-3-11(2-4-12)9(16)10-6-7(13)8(14)15/h7,12-13H,2-6H2,1H3,(H,10,16)(H,14,15)/t7-/m0/s1. The first-order valence-corrected chi connectivity index (χ1v) is 5.06. The second-order valence-electron chi connectivity index (χ2n) is 3.24. The Labute approximate surface area is 98.8 Å². The van der Waals surface area contributed by atoms with Gasteiger partial charge in [-0.05, 0) is 0 Å². The lowest BCUT2D eigenvalue weighted by molar-refractivity contribution is -0.146. The van der Waals surface area contributed by atoms with Gasteiger partial charge in [0.1, 0.15) is 0 Å². The number of aliphatic carboxylic acids is 1. The summed E-state index contributed by atoms with van der Waals surface area (Å²) >= 11 is 0. The number of aliphatic hydroxyl groups is 2. The Bertz CT molecular complexity index is 248. The molecule has 0 aromatic carbocycles. The number of urea groups is 1. The quantitative estimate of drug-likeness (QED) is 0.399. The molecule has 2 amide bonds. The Hall–Kier alpha value is -1.38. The smallest absolute Gasteiger partial charge is 0.334 e. The van der Waals surface area contributed by atoms with Gasteiger partial charge in [-0.3, -0.25) is 0 Å². The fourth-order valence-corrected chi connectivity index (χ4v) is 1.02. The Morgan fingerprint density at radius 3 is 2.53 bits per heavy atom. The third-order valence-corrected chi connectivity index (χ3v) is 1.95. The summed E-state index contributed by atoms with van der Waals surface area (Å²) in [5.41, 5.74) is 0. The summed E-state index contributed by atoms with van der Waals surface area (Å²) in [6.07, 6.45) is -1.64.